The van der Waals surface area contributed by atoms with Gasteiger partial charge in [-0.25, -0.2) is 0 Å². The normalized spacial score (nSPS) is 12.9. The van der Waals surface area contributed by atoms with Crippen LogP contribution in [-0.2, 0) is 17.3 Å². The van der Waals surface area contributed by atoms with Gasteiger partial charge >= 0.3 is 0 Å². The quantitative estimate of drug-likeness (QED) is 0.139. The largest absolute Gasteiger partial charge is 0.469 e. The van der Waals surface area contributed by atoms with Crippen molar-refractivity contribution in [1.29, 1.82) is 0 Å². The minimum Gasteiger partial charge on any atom is -0.469 e. The molecule has 0 bridgehead atoms. The first-order valence-corrected chi connectivity index (χ1v) is 18.1. The van der Waals surface area contributed by atoms with Crippen LogP contribution in [0, 0.1) is 0 Å². The zero-order chi connectivity index (χ0) is 34.1. The van der Waals surface area contributed by atoms with E-state index in [2.05, 4.69) is 155 Å². The van der Waals surface area contributed by atoms with Crippen molar-refractivity contribution in [3.8, 4) is 16.8 Å². The van der Waals surface area contributed by atoms with E-state index in [1.165, 1.54) is 85.4 Å². The van der Waals surface area contributed by atoms with Gasteiger partial charge in [0.1, 0.15) is 5.58 Å². The Bertz CT molecular complexity index is 2360. The van der Waals surface area contributed by atoms with Crippen molar-refractivity contribution in [1.82, 2.24) is 4.57 Å². The molecule has 0 unspecified atom stereocenters. The van der Waals surface area contributed by atoms with E-state index in [4.69, 9.17) is 4.42 Å². The van der Waals surface area contributed by atoms with Crippen molar-refractivity contribution in [2.24, 2.45) is 0 Å². The molecule has 3 heterocycles. The molecule has 0 amide bonds. The Labute approximate surface area is 291 Å². The van der Waals surface area contributed by atoms with Crippen LogP contribution in [0.2, 0.25) is 0 Å². The molecular formula is C45H47BN2O. The molecule has 1 aliphatic heterocycles. The van der Waals surface area contributed by atoms with Crippen LogP contribution in [0.15, 0.2) is 101 Å². The number of hydrogen-bond donors (Lipinski definition) is 1. The van der Waals surface area contributed by atoms with Crippen molar-refractivity contribution in [2.45, 2.75) is 85.0 Å². The summed E-state index contributed by atoms with van der Waals surface area (Å²) in [7, 11) is 0.738. The second-order valence-electron chi connectivity index (χ2n) is 16.1. The third-order valence-corrected chi connectivity index (χ3v) is 10.5. The number of unbranched alkanes of at least 4 members (excludes halogenated alkanes) is 2. The van der Waals surface area contributed by atoms with Gasteiger partial charge in [-0.1, -0.05) is 122 Å². The lowest BCUT2D eigenvalue weighted by atomic mass is 9.61. The summed E-state index contributed by atoms with van der Waals surface area (Å²) < 4.78 is 9.32. The molecule has 0 aliphatic carbocycles. The number of rotatable bonds is 7. The first-order chi connectivity index (χ1) is 23.5. The van der Waals surface area contributed by atoms with E-state index < -0.39 is 0 Å². The average Bonchev–Trinajstić information content (AvgIpc) is 3.61. The third kappa shape index (κ3) is 5.37. The molecule has 0 atom stereocenters. The summed E-state index contributed by atoms with van der Waals surface area (Å²) in [6, 6.07) is 36.0. The van der Waals surface area contributed by atoms with Crippen LogP contribution < -0.4 is 16.4 Å². The van der Waals surface area contributed by atoms with Gasteiger partial charge in [-0.3, -0.25) is 0 Å². The van der Waals surface area contributed by atoms with E-state index in [1.807, 2.05) is 0 Å². The maximum absolute atomic E-state index is 6.79. The standard InChI is InChI=1S/C45H47BN2O/c1-8-9-10-15-28-20-23-30(24-21-28)47-36-18-13-11-16-31(36)33-27-35(45(5,6)7)39-32-17-12-14-19-37(32)48-41-34-26-29(44(2,3)4)22-25-38(34)49-43(41)46-40(33)42(39)48/h11-14,16-27,46-47H,8-10,15H2,1-7H3. The molecule has 0 saturated heterocycles. The molecule has 4 heteroatoms. The van der Waals surface area contributed by atoms with Crippen LogP contribution in [0.1, 0.15) is 84.4 Å². The van der Waals surface area contributed by atoms with Crippen molar-refractivity contribution in [3.05, 3.63) is 114 Å². The van der Waals surface area contributed by atoms with Gasteiger partial charge in [-0.15, -0.1) is 0 Å². The summed E-state index contributed by atoms with van der Waals surface area (Å²) in [5.41, 5.74) is 15.8. The summed E-state index contributed by atoms with van der Waals surface area (Å²) in [6.45, 7) is 16.2. The van der Waals surface area contributed by atoms with E-state index >= 15 is 0 Å². The molecule has 246 valence electrons. The number of benzene rings is 5. The molecule has 0 fully saturated rings. The highest BCUT2D eigenvalue weighted by Crippen LogP contribution is 2.44. The van der Waals surface area contributed by atoms with Crippen LogP contribution in [0.5, 0.6) is 0 Å². The van der Waals surface area contributed by atoms with Gasteiger partial charge in [-0.2, -0.15) is 0 Å². The minimum atomic E-state index is -0.0731. The zero-order valence-corrected chi connectivity index (χ0v) is 30.1. The molecule has 8 rings (SSSR count). The molecule has 0 spiro atoms. The lowest BCUT2D eigenvalue weighted by Gasteiger charge is -2.27. The Morgan fingerprint density at radius 3 is 2.24 bits per heavy atom. The first kappa shape index (κ1) is 31.6. The van der Waals surface area contributed by atoms with Gasteiger partial charge in [0.05, 0.1) is 16.9 Å². The smallest absolute Gasteiger partial charge is 0.244 e. The monoisotopic (exact) mass is 642 g/mol. The van der Waals surface area contributed by atoms with Gasteiger partial charge < -0.3 is 14.3 Å². The van der Waals surface area contributed by atoms with Crippen molar-refractivity contribution in [3.63, 3.8) is 0 Å². The number of nitrogens with one attached hydrogen (secondary N) is 1. The fourth-order valence-corrected chi connectivity index (χ4v) is 7.92. The maximum atomic E-state index is 6.79. The predicted octanol–water partition coefficient (Wildman–Crippen LogP) is 11.0. The number of hydrogen-bond acceptors (Lipinski definition) is 2. The maximum Gasteiger partial charge on any atom is 0.244 e. The van der Waals surface area contributed by atoms with Gasteiger partial charge in [0.15, 0.2) is 0 Å². The summed E-state index contributed by atoms with van der Waals surface area (Å²) in [6.07, 6.45) is 4.91. The summed E-state index contributed by atoms with van der Waals surface area (Å²) in [4.78, 5) is 0. The predicted molar refractivity (Wildman–Crippen MR) is 213 cm³/mol. The highest BCUT2D eigenvalue weighted by Gasteiger charge is 2.34. The Balaban J connectivity index is 1.37. The number of aromatic nitrogens is 1. The lowest BCUT2D eigenvalue weighted by Crippen LogP contribution is -2.36. The molecule has 0 saturated carbocycles. The second-order valence-corrected chi connectivity index (χ2v) is 16.1. The zero-order valence-electron chi connectivity index (χ0n) is 30.1. The van der Waals surface area contributed by atoms with Crippen LogP contribution in [0.4, 0.5) is 11.4 Å². The molecule has 1 N–H and O–H groups in total. The Morgan fingerprint density at radius 1 is 0.735 bits per heavy atom. The summed E-state index contributed by atoms with van der Waals surface area (Å²) >= 11 is 0. The second kappa shape index (κ2) is 11.7. The first-order valence-electron chi connectivity index (χ1n) is 18.1. The van der Waals surface area contributed by atoms with E-state index in [0.29, 0.717) is 0 Å². The van der Waals surface area contributed by atoms with Gasteiger partial charge in [0, 0.05) is 38.6 Å². The fraction of sp³-hybridized carbons (Fsp3) is 0.289. The van der Waals surface area contributed by atoms with E-state index in [-0.39, 0.29) is 10.8 Å². The highest BCUT2D eigenvalue weighted by molar-refractivity contribution is 6.73. The molecule has 0 radical (unpaired) electrons. The number of fused-ring (bicyclic) bond motifs is 7. The van der Waals surface area contributed by atoms with E-state index in [1.54, 1.807) is 0 Å². The Morgan fingerprint density at radius 2 is 1.49 bits per heavy atom. The van der Waals surface area contributed by atoms with Gasteiger partial charge in [0.25, 0.3) is 0 Å². The lowest BCUT2D eigenvalue weighted by molar-refractivity contribution is 0.590. The molecule has 7 aromatic rings. The average molecular weight is 643 g/mol. The number of furan rings is 1. The molecule has 3 nitrogen and oxygen atoms in total. The number of aryl methyl sites for hydroxylation is 1. The third-order valence-electron chi connectivity index (χ3n) is 10.5. The fourth-order valence-electron chi connectivity index (χ4n) is 7.92. The van der Waals surface area contributed by atoms with Gasteiger partial charge in [-0.05, 0) is 87.8 Å². The number of para-hydroxylation sites is 2. The molecule has 2 aromatic heterocycles. The SMILES string of the molecule is CCCCCc1ccc(Nc2ccccc2-c2cc(C(C)(C)C)c3c4ccccc4n4c3c2Bc2oc3ccc(C(C)(C)C)cc3c2-4)cc1. The minimum absolute atomic E-state index is 0.0393. The van der Waals surface area contributed by atoms with Crippen LogP contribution in [0.25, 0.3) is 49.6 Å². The topological polar surface area (TPSA) is 30.1 Å². The Kier molecular flexibility index (Phi) is 7.55. The molecule has 1 aliphatic rings. The molecule has 49 heavy (non-hydrogen) atoms. The van der Waals surface area contributed by atoms with E-state index in [0.717, 1.165) is 36.3 Å². The summed E-state index contributed by atoms with van der Waals surface area (Å²) in [5, 5.41) is 7.67. The summed E-state index contributed by atoms with van der Waals surface area (Å²) in [5.74, 6) is 0. The van der Waals surface area contributed by atoms with Crippen LogP contribution in [0.3, 0.4) is 0 Å². The number of anilines is 2. The van der Waals surface area contributed by atoms with E-state index in [9.17, 15) is 0 Å². The van der Waals surface area contributed by atoms with Crippen molar-refractivity contribution < 1.29 is 4.42 Å². The van der Waals surface area contributed by atoms with Crippen molar-refractivity contribution in [2.75, 3.05) is 5.32 Å². The Hall–Kier alpha value is -4.70. The van der Waals surface area contributed by atoms with Crippen LogP contribution >= 0.6 is 0 Å². The molecular weight excluding hydrogens is 595 g/mol. The van der Waals surface area contributed by atoms with Gasteiger partial charge in [0.2, 0.25) is 7.28 Å². The van der Waals surface area contributed by atoms with Crippen molar-refractivity contribution >= 4 is 62.6 Å². The highest BCUT2D eigenvalue weighted by atomic mass is 16.3. The number of nitrogens with zero attached hydrogens (tertiary/aromatic N) is 1. The molecule has 5 aromatic carbocycles. The van der Waals surface area contributed by atoms with Crippen LogP contribution in [-0.4, -0.2) is 11.8 Å².